The molecule has 1 aliphatic rings. The maximum absolute atomic E-state index is 13.5. The summed E-state index contributed by atoms with van der Waals surface area (Å²) in [6.07, 6.45) is -1.30. The molecule has 8 nitrogen and oxygen atoms in total. The van der Waals surface area contributed by atoms with E-state index < -0.39 is 29.7 Å². The molecule has 212 valence electrons. The van der Waals surface area contributed by atoms with Crippen molar-refractivity contribution in [3.05, 3.63) is 122 Å². The molecule has 1 atom stereocenters. The van der Waals surface area contributed by atoms with Crippen molar-refractivity contribution in [2.45, 2.75) is 6.10 Å². The average Bonchev–Trinajstić information content (AvgIpc) is 3.24. The smallest absolute Gasteiger partial charge is 0.343 e. The summed E-state index contributed by atoms with van der Waals surface area (Å²) in [5.74, 6) is -2.23. The fraction of sp³-hybridized carbons (Fsp3) is 0.0968. The van der Waals surface area contributed by atoms with Gasteiger partial charge < -0.3 is 14.2 Å². The number of Topliss-reactive ketones (excluding diaryl/α,β-unsaturated/α-hetero) is 1. The van der Waals surface area contributed by atoms with Crippen LogP contribution < -0.4 is 14.4 Å². The van der Waals surface area contributed by atoms with E-state index in [0.717, 1.165) is 4.90 Å². The summed E-state index contributed by atoms with van der Waals surface area (Å²) in [7, 11) is 2.80. The van der Waals surface area contributed by atoms with Crippen molar-refractivity contribution in [3.63, 3.8) is 0 Å². The molecule has 5 rings (SSSR count). The number of benzene rings is 4. The molecule has 42 heavy (non-hydrogen) atoms. The monoisotopic (exact) mass is 623 g/mol. The normalized spacial score (nSPS) is 13.0. The van der Waals surface area contributed by atoms with E-state index in [1.54, 1.807) is 54.6 Å². The summed E-state index contributed by atoms with van der Waals surface area (Å²) in [6, 6.07) is 20.0. The molecule has 0 saturated heterocycles. The lowest BCUT2D eigenvalue weighted by Crippen LogP contribution is -2.30. The first-order chi connectivity index (χ1) is 20.1. The number of ether oxygens (including phenoxy) is 3. The van der Waals surface area contributed by atoms with Crippen molar-refractivity contribution >= 4 is 64.1 Å². The van der Waals surface area contributed by atoms with Gasteiger partial charge in [0, 0.05) is 17.2 Å². The topological polar surface area (TPSA) is 99.2 Å². The second kappa shape index (κ2) is 11.9. The van der Waals surface area contributed by atoms with Gasteiger partial charge in [-0.05, 0) is 42.5 Å². The van der Waals surface area contributed by atoms with Gasteiger partial charge in [-0.25, -0.2) is 9.69 Å². The lowest BCUT2D eigenvalue weighted by atomic mass is 9.99. The molecule has 1 aliphatic heterocycles. The lowest BCUT2D eigenvalue weighted by Gasteiger charge is -2.20. The van der Waals surface area contributed by atoms with Crippen LogP contribution in [0.5, 0.6) is 11.5 Å². The molecule has 0 fully saturated rings. The Hall–Kier alpha value is -4.37. The third kappa shape index (κ3) is 5.32. The van der Waals surface area contributed by atoms with Crippen LogP contribution in [0.3, 0.4) is 0 Å². The fourth-order valence-electron chi connectivity index (χ4n) is 4.47. The summed E-state index contributed by atoms with van der Waals surface area (Å²) in [6.45, 7) is 0. The van der Waals surface area contributed by atoms with Gasteiger partial charge >= 0.3 is 5.97 Å². The van der Waals surface area contributed by atoms with Crippen molar-refractivity contribution in [2.75, 3.05) is 19.1 Å². The van der Waals surface area contributed by atoms with Crippen molar-refractivity contribution < 1.29 is 33.4 Å². The van der Waals surface area contributed by atoms with E-state index in [-0.39, 0.29) is 43.2 Å². The zero-order valence-corrected chi connectivity index (χ0v) is 24.3. The Balaban J connectivity index is 1.49. The quantitative estimate of drug-likeness (QED) is 0.116. The molecule has 0 spiro atoms. The summed E-state index contributed by atoms with van der Waals surface area (Å²) < 4.78 is 16.3. The number of anilines is 1. The minimum Gasteiger partial charge on any atom is -0.497 e. The highest BCUT2D eigenvalue weighted by Crippen LogP contribution is 2.40. The predicted octanol–water partition coefficient (Wildman–Crippen LogP) is 7.25. The van der Waals surface area contributed by atoms with Crippen molar-refractivity contribution in [1.29, 1.82) is 0 Å². The van der Waals surface area contributed by atoms with Gasteiger partial charge in [-0.15, -0.1) is 0 Å². The first kappa shape index (κ1) is 29.1. The van der Waals surface area contributed by atoms with Crippen molar-refractivity contribution in [2.24, 2.45) is 0 Å². The number of carbonyl (C=O) groups is 4. The van der Waals surface area contributed by atoms with Gasteiger partial charge in [0.25, 0.3) is 11.8 Å². The van der Waals surface area contributed by atoms with Gasteiger partial charge in [-0.1, -0.05) is 65.1 Å². The van der Waals surface area contributed by atoms with Crippen LogP contribution in [-0.4, -0.2) is 37.8 Å². The maximum Gasteiger partial charge on any atom is 0.343 e. The minimum atomic E-state index is -1.30. The van der Waals surface area contributed by atoms with Crippen LogP contribution in [0.4, 0.5) is 5.69 Å². The summed E-state index contributed by atoms with van der Waals surface area (Å²) in [5.41, 5.74) is 0.682. The Bertz CT molecular complexity index is 1700. The molecule has 2 amide bonds. The van der Waals surface area contributed by atoms with E-state index in [4.69, 9.17) is 49.0 Å². The van der Waals surface area contributed by atoms with Crippen LogP contribution in [0.25, 0.3) is 0 Å². The van der Waals surface area contributed by atoms with Crippen molar-refractivity contribution in [3.8, 4) is 11.5 Å². The molecular weight excluding hydrogens is 605 g/mol. The number of ketones is 1. The number of rotatable bonds is 8. The molecule has 0 aliphatic carbocycles. The molecule has 0 aromatic heterocycles. The van der Waals surface area contributed by atoms with Crippen LogP contribution >= 0.6 is 34.8 Å². The van der Waals surface area contributed by atoms with Gasteiger partial charge in [-0.3, -0.25) is 14.4 Å². The average molecular weight is 625 g/mol. The number of halogens is 3. The van der Waals surface area contributed by atoms with Crippen LogP contribution in [0, 0.1) is 0 Å². The number of nitrogens with zero attached hydrogens (tertiary/aromatic N) is 1. The van der Waals surface area contributed by atoms with Gasteiger partial charge in [0.1, 0.15) is 17.1 Å². The molecule has 11 heteroatoms. The minimum absolute atomic E-state index is 0.0302. The first-order valence-electron chi connectivity index (χ1n) is 12.3. The van der Waals surface area contributed by atoms with Crippen molar-refractivity contribution in [1.82, 2.24) is 0 Å². The van der Waals surface area contributed by atoms with Gasteiger partial charge in [0.15, 0.2) is 6.10 Å². The van der Waals surface area contributed by atoms with E-state index in [2.05, 4.69) is 0 Å². The summed E-state index contributed by atoms with van der Waals surface area (Å²) >= 11 is 18.6. The van der Waals surface area contributed by atoms with E-state index >= 15 is 0 Å². The third-order valence-corrected chi connectivity index (χ3v) is 7.62. The lowest BCUT2D eigenvalue weighted by molar-refractivity contribution is 0.0277. The molecule has 0 saturated carbocycles. The molecule has 0 N–H and O–H groups in total. The van der Waals surface area contributed by atoms with Crippen LogP contribution in [0.1, 0.15) is 53.1 Å². The number of fused-ring (bicyclic) bond motifs is 1. The third-order valence-electron chi connectivity index (χ3n) is 6.60. The standard InChI is InChI=1S/C31H20Cl3NO7/c1-40-18-10-8-16(9-11-18)27(36)28(17-6-4-3-5-7-17)42-31(39)21-14-24(34)25(15-26(21)41-2)35-29(37)19-12-22(32)23(33)13-20(19)30(35)38/h3-15,28H,1-2H3/t28-/m0/s1. The molecule has 0 bridgehead atoms. The van der Waals surface area contributed by atoms with E-state index in [1.165, 1.54) is 38.5 Å². The summed E-state index contributed by atoms with van der Waals surface area (Å²) in [4.78, 5) is 54.2. The Labute approximate surface area is 255 Å². The van der Waals surface area contributed by atoms with Crippen LogP contribution in [-0.2, 0) is 4.74 Å². The Kier molecular flexibility index (Phi) is 8.22. The highest BCUT2D eigenvalue weighted by molar-refractivity contribution is 6.45. The molecular formula is C31H20Cl3NO7. The zero-order valence-electron chi connectivity index (χ0n) is 22.0. The second-order valence-electron chi connectivity index (χ2n) is 9.05. The number of hydrogen-bond donors (Lipinski definition) is 0. The van der Waals surface area contributed by atoms with Gasteiger partial charge in [0.2, 0.25) is 5.78 Å². The fourth-order valence-corrected chi connectivity index (χ4v) is 5.05. The second-order valence-corrected chi connectivity index (χ2v) is 10.3. The Morgan fingerprint density at radius 1 is 0.738 bits per heavy atom. The Morgan fingerprint density at radius 2 is 1.33 bits per heavy atom. The number of amides is 2. The number of methoxy groups -OCH3 is 2. The van der Waals surface area contributed by atoms with E-state index in [1.807, 2.05) is 0 Å². The van der Waals surface area contributed by atoms with Crippen LogP contribution in [0.15, 0.2) is 78.9 Å². The molecule has 1 heterocycles. The molecule has 0 unspecified atom stereocenters. The SMILES string of the molecule is COc1ccc(C(=O)[C@@H](OC(=O)c2cc(Cl)c(N3C(=O)c4cc(Cl)c(Cl)cc4C3=O)cc2OC)c2ccccc2)cc1. The molecule has 0 radical (unpaired) electrons. The highest BCUT2D eigenvalue weighted by atomic mass is 35.5. The Morgan fingerprint density at radius 3 is 1.88 bits per heavy atom. The van der Waals surface area contributed by atoms with Gasteiger partial charge in [0.05, 0.1) is 46.1 Å². The summed E-state index contributed by atoms with van der Waals surface area (Å²) in [5, 5.41) is 0.0990. The zero-order chi connectivity index (χ0) is 30.1. The number of imide groups is 1. The molecule has 4 aromatic carbocycles. The number of esters is 1. The largest absolute Gasteiger partial charge is 0.497 e. The first-order valence-corrected chi connectivity index (χ1v) is 13.5. The highest BCUT2D eigenvalue weighted by Gasteiger charge is 2.39. The number of hydrogen-bond acceptors (Lipinski definition) is 7. The maximum atomic E-state index is 13.5. The van der Waals surface area contributed by atoms with E-state index in [0.29, 0.717) is 16.9 Å². The van der Waals surface area contributed by atoms with Crippen LogP contribution in [0.2, 0.25) is 15.1 Å². The van der Waals surface area contributed by atoms with E-state index in [9.17, 15) is 19.2 Å². The van der Waals surface area contributed by atoms with Gasteiger partial charge in [-0.2, -0.15) is 0 Å². The molecule has 4 aromatic rings. The predicted molar refractivity (Wildman–Crippen MR) is 158 cm³/mol. The number of carbonyl (C=O) groups excluding carboxylic acids is 4.